The van der Waals surface area contributed by atoms with E-state index in [0.29, 0.717) is 19.4 Å². The van der Waals surface area contributed by atoms with Gasteiger partial charge >= 0.3 is 24.4 Å². The van der Waals surface area contributed by atoms with Gasteiger partial charge < -0.3 is 50.2 Å². The van der Waals surface area contributed by atoms with Crippen LogP contribution in [0.1, 0.15) is 105 Å². The number of nitrogens with one attached hydrogen (secondary N) is 4. The first-order valence-electron chi connectivity index (χ1n) is 19.6. The van der Waals surface area contributed by atoms with Crippen LogP contribution >= 0.6 is 0 Å². The second kappa shape index (κ2) is 20.9. The van der Waals surface area contributed by atoms with E-state index in [9.17, 15) is 29.1 Å². The van der Waals surface area contributed by atoms with Crippen molar-refractivity contribution in [2.24, 2.45) is 0 Å². The average molecular weight is 798 g/mol. The predicted molar refractivity (Wildman–Crippen MR) is 216 cm³/mol. The molecule has 1 aliphatic rings. The van der Waals surface area contributed by atoms with E-state index in [2.05, 4.69) is 21.3 Å². The maximum Gasteiger partial charge on any atom is 0.410 e. The summed E-state index contributed by atoms with van der Waals surface area (Å²) in [6.45, 7) is 16.0. The van der Waals surface area contributed by atoms with E-state index in [1.807, 2.05) is 48.5 Å². The Morgan fingerprint density at radius 3 is 1.77 bits per heavy atom. The van der Waals surface area contributed by atoms with Gasteiger partial charge in [0, 0.05) is 32.1 Å². The van der Waals surface area contributed by atoms with Crippen LogP contribution in [0.5, 0.6) is 0 Å². The minimum Gasteiger partial charge on any atom is -0.449 e. The highest BCUT2D eigenvalue weighted by molar-refractivity contribution is 5.85. The van der Waals surface area contributed by atoms with Crippen LogP contribution in [-0.2, 0) is 23.7 Å². The molecule has 0 aliphatic heterocycles. The number of nitrogens with zero attached hydrogens (tertiary/aromatic N) is 1. The number of alkyl carbamates (subject to hydrolysis) is 3. The van der Waals surface area contributed by atoms with Gasteiger partial charge in [0.25, 0.3) is 0 Å². The highest BCUT2D eigenvalue weighted by atomic mass is 16.6. The van der Waals surface area contributed by atoms with Crippen molar-refractivity contribution >= 4 is 30.3 Å². The molecule has 0 radical (unpaired) electrons. The molecule has 3 rings (SSSR count). The van der Waals surface area contributed by atoms with Gasteiger partial charge in [-0.2, -0.15) is 0 Å². The molecule has 0 spiro atoms. The lowest BCUT2D eigenvalue weighted by Gasteiger charge is -2.29. The molecule has 57 heavy (non-hydrogen) atoms. The smallest absolute Gasteiger partial charge is 0.410 e. The van der Waals surface area contributed by atoms with Crippen molar-refractivity contribution < 1.29 is 48.0 Å². The number of unbranched alkanes of at least 4 members (excludes halogenated alkanes) is 1. The molecule has 5 N–H and O–H groups in total. The van der Waals surface area contributed by atoms with Gasteiger partial charge in [0.05, 0.1) is 12.6 Å². The van der Waals surface area contributed by atoms with E-state index in [1.165, 1.54) is 4.90 Å². The topological polar surface area (TPSA) is 194 Å². The fourth-order valence-electron chi connectivity index (χ4n) is 6.05. The van der Waals surface area contributed by atoms with Crippen LogP contribution in [0.2, 0.25) is 0 Å². The SMILES string of the molecule is CC(C)(C)OC(=O)NCCCC[C@H](NC(=O)OCC1c2ccccc2-c2ccccc21)C(=O)NCCCN(C[C@H](O)CNC(=O)OC(C)(C)C)C(=O)OC(C)(C)C. The minimum atomic E-state index is -1.13. The van der Waals surface area contributed by atoms with Crippen LogP contribution < -0.4 is 21.3 Å². The summed E-state index contributed by atoms with van der Waals surface area (Å²) >= 11 is 0. The summed E-state index contributed by atoms with van der Waals surface area (Å²) in [4.78, 5) is 65.3. The molecule has 0 saturated carbocycles. The quantitative estimate of drug-likeness (QED) is 0.0907. The van der Waals surface area contributed by atoms with Gasteiger partial charge in [-0.15, -0.1) is 0 Å². The predicted octanol–water partition coefficient (Wildman–Crippen LogP) is 6.22. The fourth-order valence-corrected chi connectivity index (χ4v) is 6.05. The Balaban J connectivity index is 1.60. The number of benzene rings is 2. The molecular formula is C42H63N5O10. The van der Waals surface area contributed by atoms with Crippen molar-refractivity contribution in [3.63, 3.8) is 0 Å². The summed E-state index contributed by atoms with van der Waals surface area (Å²) in [6, 6.07) is 15.0. The van der Waals surface area contributed by atoms with Crippen LogP contribution in [0.25, 0.3) is 11.1 Å². The number of aliphatic hydroxyl groups excluding tert-OH is 1. The van der Waals surface area contributed by atoms with Crippen molar-refractivity contribution in [3.05, 3.63) is 59.7 Å². The number of amides is 5. The van der Waals surface area contributed by atoms with E-state index in [-0.39, 0.29) is 51.5 Å². The molecule has 0 unspecified atom stereocenters. The van der Waals surface area contributed by atoms with E-state index in [0.717, 1.165) is 22.3 Å². The van der Waals surface area contributed by atoms with Crippen molar-refractivity contribution in [3.8, 4) is 11.1 Å². The highest BCUT2D eigenvalue weighted by Crippen LogP contribution is 2.44. The highest BCUT2D eigenvalue weighted by Gasteiger charge is 2.30. The van der Waals surface area contributed by atoms with Gasteiger partial charge in [-0.3, -0.25) is 4.79 Å². The van der Waals surface area contributed by atoms with Gasteiger partial charge in [-0.05, 0) is 110 Å². The molecule has 0 heterocycles. The van der Waals surface area contributed by atoms with Gasteiger partial charge in [-0.25, -0.2) is 19.2 Å². The first-order chi connectivity index (χ1) is 26.6. The summed E-state index contributed by atoms with van der Waals surface area (Å²) < 4.78 is 21.8. The van der Waals surface area contributed by atoms with Crippen LogP contribution in [0.4, 0.5) is 19.2 Å². The Hall–Kier alpha value is -5.05. The van der Waals surface area contributed by atoms with Crippen LogP contribution in [0.3, 0.4) is 0 Å². The average Bonchev–Trinajstić information content (AvgIpc) is 3.41. The molecule has 2 aromatic carbocycles. The second-order valence-electron chi connectivity index (χ2n) is 17.1. The summed E-state index contributed by atoms with van der Waals surface area (Å²) in [5, 5.41) is 21.4. The largest absolute Gasteiger partial charge is 0.449 e. The van der Waals surface area contributed by atoms with Gasteiger partial charge in [0.2, 0.25) is 5.91 Å². The van der Waals surface area contributed by atoms with E-state index in [4.69, 9.17) is 18.9 Å². The lowest BCUT2D eigenvalue weighted by molar-refractivity contribution is -0.123. The summed E-state index contributed by atoms with van der Waals surface area (Å²) in [5.41, 5.74) is 2.15. The Bertz CT molecular complexity index is 1620. The normalized spacial score (nSPS) is 13.6. The first-order valence-corrected chi connectivity index (χ1v) is 19.6. The summed E-state index contributed by atoms with van der Waals surface area (Å²) in [5.74, 6) is -0.608. The number of fused-ring (bicyclic) bond motifs is 3. The lowest BCUT2D eigenvalue weighted by atomic mass is 9.98. The molecule has 0 aromatic heterocycles. The van der Waals surface area contributed by atoms with Crippen molar-refractivity contribution in [2.75, 3.05) is 39.3 Å². The molecular weight excluding hydrogens is 734 g/mol. The fraction of sp³-hybridized carbons (Fsp3) is 0.595. The molecule has 316 valence electrons. The number of hydrogen-bond donors (Lipinski definition) is 5. The Morgan fingerprint density at radius 2 is 1.21 bits per heavy atom. The maximum absolute atomic E-state index is 13.5. The number of carbonyl (C=O) groups excluding carboxylic acids is 5. The van der Waals surface area contributed by atoms with E-state index < -0.39 is 59.2 Å². The summed E-state index contributed by atoms with van der Waals surface area (Å²) in [7, 11) is 0. The zero-order chi connectivity index (χ0) is 42.4. The maximum atomic E-state index is 13.5. The molecule has 15 nitrogen and oxygen atoms in total. The summed E-state index contributed by atoms with van der Waals surface area (Å²) in [6.07, 6.45) is -2.23. The van der Waals surface area contributed by atoms with Gasteiger partial charge in [0.1, 0.15) is 29.5 Å². The number of ether oxygens (including phenoxy) is 4. The lowest BCUT2D eigenvalue weighted by Crippen LogP contribution is -2.48. The minimum absolute atomic E-state index is 0.0770. The molecule has 0 fully saturated rings. The third kappa shape index (κ3) is 16.9. The van der Waals surface area contributed by atoms with Gasteiger partial charge in [0.15, 0.2) is 0 Å². The van der Waals surface area contributed by atoms with Gasteiger partial charge in [-0.1, -0.05) is 48.5 Å². The Morgan fingerprint density at radius 1 is 0.684 bits per heavy atom. The third-order valence-corrected chi connectivity index (χ3v) is 8.41. The molecule has 2 atom stereocenters. The second-order valence-corrected chi connectivity index (χ2v) is 17.1. The van der Waals surface area contributed by atoms with Crippen LogP contribution in [0.15, 0.2) is 48.5 Å². The van der Waals surface area contributed by atoms with Crippen molar-refractivity contribution in [1.82, 2.24) is 26.2 Å². The molecule has 0 saturated heterocycles. The van der Waals surface area contributed by atoms with Crippen LogP contribution in [-0.4, -0.2) is 109 Å². The van der Waals surface area contributed by atoms with Crippen molar-refractivity contribution in [1.29, 1.82) is 0 Å². The van der Waals surface area contributed by atoms with Crippen molar-refractivity contribution in [2.45, 2.75) is 123 Å². The Labute approximate surface area is 336 Å². The number of rotatable bonds is 17. The zero-order valence-corrected chi connectivity index (χ0v) is 35.0. The molecule has 1 aliphatic carbocycles. The van der Waals surface area contributed by atoms with Crippen LogP contribution in [0, 0.1) is 0 Å². The number of carbonyl (C=O) groups is 5. The third-order valence-electron chi connectivity index (χ3n) is 8.41. The molecule has 15 heteroatoms. The Kier molecular flexibility index (Phi) is 17.0. The first kappa shape index (κ1) is 46.3. The zero-order valence-electron chi connectivity index (χ0n) is 35.0. The van der Waals surface area contributed by atoms with E-state index in [1.54, 1.807) is 62.3 Å². The number of hydrogen-bond acceptors (Lipinski definition) is 10. The molecule has 5 amide bonds. The monoisotopic (exact) mass is 797 g/mol. The standard InChI is InChI=1S/C42H63N5O10/c1-40(2,3)55-36(50)44-22-15-14-21-34(46-38(52)54-27-33-31-19-12-10-17-29(31)30-18-11-13-20-32(30)33)35(49)43-23-16-24-47(39(53)57-42(7,8)9)26-28(48)25-45-37(51)56-41(4,5)6/h10-13,17-20,28,33-34,48H,14-16,21-27H2,1-9H3,(H,43,49)(H,44,50)(H,45,51)(H,46,52)/t28-,34+/m1/s1. The number of aliphatic hydroxyl groups is 1. The molecule has 2 aromatic rings. The van der Waals surface area contributed by atoms with E-state index >= 15 is 0 Å². The molecule has 0 bridgehead atoms.